The zero-order chi connectivity index (χ0) is 7.42. The van der Waals surface area contributed by atoms with E-state index in [-0.39, 0.29) is 0 Å². The molecule has 1 nitrogen and oxygen atoms in total. The van der Waals surface area contributed by atoms with E-state index in [2.05, 4.69) is 12.2 Å². The molecule has 0 unspecified atom stereocenters. The summed E-state index contributed by atoms with van der Waals surface area (Å²) in [5.41, 5.74) is 0. The predicted molar refractivity (Wildman–Crippen MR) is 42.0 cm³/mol. The fourth-order valence-electron chi connectivity index (χ4n) is 3.28. The first-order chi connectivity index (χ1) is 5.36. The largest absolute Gasteiger partial charge is 0.299 e. The van der Waals surface area contributed by atoms with Crippen LogP contribution in [0.1, 0.15) is 19.3 Å². The average Bonchev–Trinajstić information content (AvgIpc) is 2.52. The maximum atomic E-state index is 11.3. The molecular formula is C10H12O. The van der Waals surface area contributed by atoms with Crippen molar-refractivity contribution in [3.05, 3.63) is 12.2 Å². The van der Waals surface area contributed by atoms with Crippen LogP contribution in [0, 0.1) is 23.7 Å². The van der Waals surface area contributed by atoms with Crippen molar-refractivity contribution in [3.8, 4) is 0 Å². The third-order valence-corrected chi connectivity index (χ3v) is 3.76. The normalized spacial score (nSPS) is 52.2. The molecule has 0 saturated heterocycles. The molecule has 3 aliphatic rings. The Bertz CT molecular complexity index is 241. The fourth-order valence-corrected chi connectivity index (χ4v) is 3.28. The lowest BCUT2D eigenvalue weighted by Crippen LogP contribution is -2.23. The Hall–Kier alpha value is -0.590. The van der Waals surface area contributed by atoms with Crippen LogP contribution >= 0.6 is 0 Å². The molecular weight excluding hydrogens is 136 g/mol. The summed E-state index contributed by atoms with van der Waals surface area (Å²) in [4.78, 5) is 11.3. The van der Waals surface area contributed by atoms with Crippen molar-refractivity contribution in [2.45, 2.75) is 19.3 Å². The van der Waals surface area contributed by atoms with Gasteiger partial charge in [-0.05, 0) is 30.6 Å². The molecule has 0 aromatic carbocycles. The van der Waals surface area contributed by atoms with Crippen molar-refractivity contribution in [3.63, 3.8) is 0 Å². The van der Waals surface area contributed by atoms with Crippen LogP contribution in [0.15, 0.2) is 12.2 Å². The van der Waals surface area contributed by atoms with Gasteiger partial charge in [-0.3, -0.25) is 4.79 Å². The minimum atomic E-state index is 0.434. The maximum absolute atomic E-state index is 11.3. The van der Waals surface area contributed by atoms with Crippen LogP contribution in [0.3, 0.4) is 0 Å². The quantitative estimate of drug-likeness (QED) is 0.479. The Kier molecular flexibility index (Phi) is 0.961. The molecule has 4 atom stereocenters. The number of fused-ring (bicyclic) bond motifs is 5. The highest BCUT2D eigenvalue weighted by Crippen LogP contribution is 2.54. The molecule has 0 amide bonds. The third-order valence-electron chi connectivity index (χ3n) is 3.76. The van der Waals surface area contributed by atoms with Gasteiger partial charge in [-0.25, -0.2) is 0 Å². The first-order valence-corrected chi connectivity index (χ1v) is 4.55. The van der Waals surface area contributed by atoms with Gasteiger partial charge in [0.2, 0.25) is 0 Å². The molecule has 11 heavy (non-hydrogen) atoms. The zero-order valence-electron chi connectivity index (χ0n) is 6.49. The summed E-state index contributed by atoms with van der Waals surface area (Å²) in [6, 6.07) is 0. The summed E-state index contributed by atoms with van der Waals surface area (Å²) in [6.07, 6.45) is 7.91. The van der Waals surface area contributed by atoms with Gasteiger partial charge in [-0.1, -0.05) is 12.2 Å². The standard InChI is InChI=1S/C10H12O/c11-10-5-6-4-9(10)8-3-1-2-7(6)8/h1,3,6-9H,2,4-5H2/t6-,7-,8-,9-/m1/s1. The number of hydrogen-bond donors (Lipinski definition) is 0. The van der Waals surface area contributed by atoms with Gasteiger partial charge < -0.3 is 0 Å². The van der Waals surface area contributed by atoms with Gasteiger partial charge in [0.05, 0.1) is 0 Å². The molecule has 2 bridgehead atoms. The van der Waals surface area contributed by atoms with Crippen LogP contribution in [0.25, 0.3) is 0 Å². The molecule has 3 rings (SSSR count). The Morgan fingerprint density at radius 3 is 3.27 bits per heavy atom. The maximum Gasteiger partial charge on any atom is 0.136 e. The van der Waals surface area contributed by atoms with E-state index in [0.29, 0.717) is 17.6 Å². The fraction of sp³-hybridized carbons (Fsp3) is 0.700. The van der Waals surface area contributed by atoms with Crippen molar-refractivity contribution in [1.82, 2.24) is 0 Å². The highest BCUT2D eigenvalue weighted by atomic mass is 16.1. The molecule has 0 N–H and O–H groups in total. The van der Waals surface area contributed by atoms with Gasteiger partial charge in [0.25, 0.3) is 0 Å². The van der Waals surface area contributed by atoms with E-state index in [9.17, 15) is 4.79 Å². The van der Waals surface area contributed by atoms with Crippen molar-refractivity contribution < 1.29 is 4.79 Å². The van der Waals surface area contributed by atoms with Crippen LogP contribution in [0.5, 0.6) is 0 Å². The van der Waals surface area contributed by atoms with Gasteiger partial charge in [0, 0.05) is 12.3 Å². The van der Waals surface area contributed by atoms with Crippen LogP contribution < -0.4 is 0 Å². The molecule has 0 spiro atoms. The van der Waals surface area contributed by atoms with Crippen LogP contribution in [-0.2, 0) is 4.79 Å². The summed E-state index contributed by atoms with van der Waals surface area (Å²) in [5.74, 6) is 3.25. The summed E-state index contributed by atoms with van der Waals surface area (Å²) < 4.78 is 0. The van der Waals surface area contributed by atoms with Crippen LogP contribution in [-0.4, -0.2) is 5.78 Å². The SMILES string of the molecule is O=C1C[C@H]2C[C@@H]1[C@@H]1C=CC[C@H]21. The topological polar surface area (TPSA) is 17.1 Å². The Morgan fingerprint density at radius 1 is 1.45 bits per heavy atom. The lowest BCUT2D eigenvalue weighted by molar-refractivity contribution is -0.123. The second-order valence-electron chi connectivity index (χ2n) is 4.18. The summed E-state index contributed by atoms with van der Waals surface area (Å²) in [7, 11) is 0. The smallest absolute Gasteiger partial charge is 0.136 e. The molecule has 0 aromatic rings. The third kappa shape index (κ3) is 0.597. The Labute approximate surface area is 66.5 Å². The highest BCUT2D eigenvalue weighted by Gasteiger charge is 2.51. The van der Waals surface area contributed by atoms with E-state index in [1.165, 1.54) is 12.8 Å². The Morgan fingerprint density at radius 2 is 2.36 bits per heavy atom. The van der Waals surface area contributed by atoms with Gasteiger partial charge in [-0.15, -0.1) is 0 Å². The summed E-state index contributed by atoms with van der Waals surface area (Å²) >= 11 is 0. The first-order valence-electron chi connectivity index (χ1n) is 4.55. The molecule has 0 radical (unpaired) electrons. The lowest BCUT2D eigenvalue weighted by Gasteiger charge is -2.22. The monoisotopic (exact) mass is 148 g/mol. The second kappa shape index (κ2) is 1.77. The van der Waals surface area contributed by atoms with Crippen molar-refractivity contribution >= 4 is 5.78 Å². The average molecular weight is 148 g/mol. The lowest BCUT2D eigenvalue weighted by atomic mass is 9.81. The van der Waals surface area contributed by atoms with E-state index in [1.54, 1.807) is 0 Å². The molecule has 0 aromatic heterocycles. The number of allylic oxidation sites excluding steroid dienone is 2. The number of Topliss-reactive ketones (excluding diaryl/α,β-unsaturated/α-hetero) is 1. The molecule has 1 heteroatoms. The predicted octanol–water partition coefficient (Wildman–Crippen LogP) is 1.79. The molecule has 0 heterocycles. The van der Waals surface area contributed by atoms with Crippen molar-refractivity contribution in [2.75, 3.05) is 0 Å². The van der Waals surface area contributed by atoms with Crippen molar-refractivity contribution in [1.29, 1.82) is 0 Å². The molecule has 2 saturated carbocycles. The van der Waals surface area contributed by atoms with E-state index in [0.717, 1.165) is 18.3 Å². The van der Waals surface area contributed by atoms with E-state index in [1.807, 2.05) is 0 Å². The molecule has 2 fully saturated rings. The first kappa shape index (κ1) is 5.99. The van der Waals surface area contributed by atoms with Crippen molar-refractivity contribution in [2.24, 2.45) is 23.7 Å². The van der Waals surface area contributed by atoms with Crippen LogP contribution in [0.2, 0.25) is 0 Å². The van der Waals surface area contributed by atoms with Gasteiger partial charge in [0.1, 0.15) is 5.78 Å². The van der Waals surface area contributed by atoms with E-state index in [4.69, 9.17) is 0 Å². The minimum absolute atomic E-state index is 0.434. The second-order valence-corrected chi connectivity index (χ2v) is 4.18. The molecule has 0 aliphatic heterocycles. The number of carbonyl (C=O) groups excluding carboxylic acids is 1. The number of carbonyl (C=O) groups is 1. The van der Waals surface area contributed by atoms with Gasteiger partial charge in [0.15, 0.2) is 0 Å². The van der Waals surface area contributed by atoms with Gasteiger partial charge >= 0.3 is 0 Å². The Balaban J connectivity index is 2.00. The summed E-state index contributed by atoms with van der Waals surface area (Å²) in [5, 5.41) is 0. The van der Waals surface area contributed by atoms with Gasteiger partial charge in [-0.2, -0.15) is 0 Å². The molecule has 58 valence electrons. The minimum Gasteiger partial charge on any atom is -0.299 e. The number of ketones is 1. The summed E-state index contributed by atoms with van der Waals surface area (Å²) in [6.45, 7) is 0. The zero-order valence-corrected chi connectivity index (χ0v) is 6.49. The highest BCUT2D eigenvalue weighted by molar-refractivity contribution is 5.85. The van der Waals surface area contributed by atoms with E-state index < -0.39 is 0 Å². The van der Waals surface area contributed by atoms with E-state index >= 15 is 0 Å². The molecule has 3 aliphatic carbocycles. The number of hydrogen-bond acceptors (Lipinski definition) is 1. The number of rotatable bonds is 0. The van der Waals surface area contributed by atoms with Crippen LogP contribution in [0.4, 0.5) is 0 Å².